The van der Waals surface area contributed by atoms with Crippen molar-refractivity contribution < 1.29 is 18.1 Å². The quantitative estimate of drug-likeness (QED) is 0.383. The Bertz CT molecular complexity index is 692. The molecule has 0 fully saturated rings. The Morgan fingerprint density at radius 3 is 2.36 bits per heavy atom. The van der Waals surface area contributed by atoms with Gasteiger partial charge in [-0.1, -0.05) is 30.3 Å². The Labute approximate surface area is 136 Å². The molecule has 0 radical (unpaired) electrons. The van der Waals surface area contributed by atoms with Crippen LogP contribution >= 0.6 is 27.7 Å². The molecule has 0 atom stereocenters. The Balaban J connectivity index is 2.39. The van der Waals surface area contributed by atoms with Crippen LogP contribution in [0.15, 0.2) is 51.8 Å². The number of alkyl halides is 3. The zero-order valence-electron chi connectivity index (χ0n) is 10.9. The second-order valence-electron chi connectivity index (χ2n) is 4.33. The van der Waals surface area contributed by atoms with Crippen molar-refractivity contribution in [1.29, 1.82) is 0 Å². The summed E-state index contributed by atoms with van der Waals surface area (Å²) in [7, 11) is 0. The first-order valence-corrected chi connectivity index (χ1v) is 7.79. The van der Waals surface area contributed by atoms with Crippen molar-refractivity contribution >= 4 is 33.4 Å². The minimum absolute atomic E-state index is 0.0537. The maximum Gasteiger partial charge on any atom is 0.417 e. The van der Waals surface area contributed by atoms with Crippen LogP contribution in [0.5, 0.6) is 0 Å². The lowest BCUT2D eigenvalue weighted by Gasteiger charge is -2.14. The lowest BCUT2D eigenvalue weighted by atomic mass is 10.2. The van der Waals surface area contributed by atoms with Gasteiger partial charge in [0.1, 0.15) is 0 Å². The predicted molar refractivity (Wildman–Crippen MR) is 81.8 cm³/mol. The Hall–Kier alpha value is -1.54. The molecule has 0 aromatic heterocycles. The molecule has 0 aliphatic rings. The van der Waals surface area contributed by atoms with Crippen LogP contribution < -0.4 is 0 Å². The summed E-state index contributed by atoms with van der Waals surface area (Å²) in [6.45, 7) is 0. The van der Waals surface area contributed by atoms with Crippen LogP contribution in [-0.4, -0.2) is 4.92 Å². The zero-order chi connectivity index (χ0) is 16.3. The van der Waals surface area contributed by atoms with E-state index in [0.29, 0.717) is 11.8 Å². The highest BCUT2D eigenvalue weighted by Crippen LogP contribution is 2.43. The molecule has 22 heavy (non-hydrogen) atoms. The third-order valence-corrected chi connectivity index (χ3v) is 4.86. The van der Waals surface area contributed by atoms with Gasteiger partial charge in [-0.3, -0.25) is 10.1 Å². The molecule has 2 aromatic rings. The van der Waals surface area contributed by atoms with E-state index < -0.39 is 22.4 Å². The van der Waals surface area contributed by atoms with E-state index in [-0.39, 0.29) is 9.37 Å². The average Bonchev–Trinajstić information content (AvgIpc) is 2.45. The molecule has 8 heteroatoms. The minimum Gasteiger partial charge on any atom is -0.258 e. The van der Waals surface area contributed by atoms with Gasteiger partial charge in [0, 0.05) is 27.3 Å². The summed E-state index contributed by atoms with van der Waals surface area (Å²) in [5.74, 6) is 0.334. The van der Waals surface area contributed by atoms with Crippen molar-refractivity contribution in [2.24, 2.45) is 0 Å². The minimum atomic E-state index is -4.66. The van der Waals surface area contributed by atoms with Gasteiger partial charge in [-0.15, -0.1) is 11.8 Å². The van der Waals surface area contributed by atoms with Gasteiger partial charge in [0.05, 0.1) is 10.5 Å². The van der Waals surface area contributed by atoms with Crippen molar-refractivity contribution in [1.82, 2.24) is 0 Å². The molecule has 0 saturated carbocycles. The molecule has 0 N–H and O–H groups in total. The molecule has 116 valence electrons. The summed E-state index contributed by atoms with van der Waals surface area (Å²) in [5, 5.41) is 10.7. The fraction of sp³-hybridized carbons (Fsp3) is 0.143. The zero-order valence-corrected chi connectivity index (χ0v) is 13.3. The summed E-state index contributed by atoms with van der Waals surface area (Å²) in [5.41, 5.74) is -0.733. The summed E-state index contributed by atoms with van der Waals surface area (Å²) in [6.07, 6.45) is -4.66. The first-order chi connectivity index (χ1) is 10.3. The molecule has 0 heterocycles. The topological polar surface area (TPSA) is 43.1 Å². The molecule has 3 nitrogen and oxygen atoms in total. The fourth-order valence-corrected chi connectivity index (χ4v) is 3.59. The molecule has 0 bridgehead atoms. The van der Waals surface area contributed by atoms with Crippen LogP contribution in [0.2, 0.25) is 0 Å². The van der Waals surface area contributed by atoms with Gasteiger partial charge >= 0.3 is 6.18 Å². The third kappa shape index (κ3) is 4.01. The van der Waals surface area contributed by atoms with E-state index in [1.54, 1.807) is 24.3 Å². The van der Waals surface area contributed by atoms with E-state index in [4.69, 9.17) is 0 Å². The molecule has 0 amide bonds. The number of rotatable bonds is 4. The third-order valence-electron chi connectivity index (χ3n) is 2.77. The highest BCUT2D eigenvalue weighted by molar-refractivity contribution is 9.10. The number of hydrogen-bond donors (Lipinski definition) is 0. The summed E-state index contributed by atoms with van der Waals surface area (Å²) in [4.78, 5) is 9.84. The van der Waals surface area contributed by atoms with Crippen LogP contribution in [-0.2, 0) is 11.9 Å². The fourth-order valence-electron chi connectivity index (χ4n) is 1.77. The van der Waals surface area contributed by atoms with E-state index >= 15 is 0 Å². The monoisotopic (exact) mass is 391 g/mol. The Kier molecular flexibility index (Phi) is 5.12. The van der Waals surface area contributed by atoms with Gasteiger partial charge in [-0.2, -0.15) is 13.2 Å². The van der Waals surface area contributed by atoms with Crippen molar-refractivity contribution in [3.05, 3.63) is 68.2 Å². The normalized spacial score (nSPS) is 11.5. The van der Waals surface area contributed by atoms with Crippen LogP contribution in [0.25, 0.3) is 0 Å². The lowest BCUT2D eigenvalue weighted by Crippen LogP contribution is -2.08. The summed E-state index contributed by atoms with van der Waals surface area (Å²) in [6, 6.07) is 10.7. The molecule has 0 aliphatic heterocycles. The molecule has 0 saturated heterocycles. The van der Waals surface area contributed by atoms with E-state index in [0.717, 1.165) is 23.4 Å². The molecular weight excluding hydrogens is 383 g/mol. The highest BCUT2D eigenvalue weighted by Gasteiger charge is 2.36. The molecule has 2 rings (SSSR count). The van der Waals surface area contributed by atoms with Gasteiger partial charge in [0.2, 0.25) is 0 Å². The second kappa shape index (κ2) is 6.70. The summed E-state index contributed by atoms with van der Waals surface area (Å²) < 4.78 is 39.5. The van der Waals surface area contributed by atoms with Gasteiger partial charge in [0.25, 0.3) is 5.69 Å². The van der Waals surface area contributed by atoms with Crippen molar-refractivity contribution in [2.75, 3.05) is 0 Å². The summed E-state index contributed by atoms with van der Waals surface area (Å²) >= 11 is 3.99. The van der Waals surface area contributed by atoms with E-state index in [2.05, 4.69) is 15.9 Å². The maximum atomic E-state index is 13.1. The van der Waals surface area contributed by atoms with Gasteiger partial charge in [-0.25, -0.2) is 0 Å². The highest BCUT2D eigenvalue weighted by atomic mass is 79.9. The number of nitrogens with zero attached hydrogens (tertiary/aromatic N) is 1. The van der Waals surface area contributed by atoms with E-state index in [1.807, 2.05) is 6.07 Å². The Morgan fingerprint density at radius 1 is 1.18 bits per heavy atom. The average molecular weight is 392 g/mol. The van der Waals surface area contributed by atoms with Crippen molar-refractivity contribution in [3.8, 4) is 0 Å². The largest absolute Gasteiger partial charge is 0.417 e. The predicted octanol–water partition coefficient (Wildman–Crippen LogP) is 5.67. The molecule has 0 spiro atoms. The van der Waals surface area contributed by atoms with Crippen LogP contribution in [0, 0.1) is 10.1 Å². The smallest absolute Gasteiger partial charge is 0.258 e. The lowest BCUT2D eigenvalue weighted by molar-refractivity contribution is -0.385. The molecule has 0 unspecified atom stereocenters. The second-order valence-corrected chi connectivity index (χ2v) is 6.17. The van der Waals surface area contributed by atoms with E-state index in [9.17, 15) is 23.3 Å². The maximum absolute atomic E-state index is 13.1. The number of benzene rings is 2. The van der Waals surface area contributed by atoms with Gasteiger partial charge < -0.3 is 0 Å². The first-order valence-electron chi connectivity index (χ1n) is 6.01. The van der Waals surface area contributed by atoms with E-state index in [1.165, 1.54) is 0 Å². The van der Waals surface area contributed by atoms with Crippen LogP contribution in [0.4, 0.5) is 18.9 Å². The number of hydrogen-bond acceptors (Lipinski definition) is 3. The molecule has 0 aliphatic carbocycles. The first kappa shape index (κ1) is 16.8. The van der Waals surface area contributed by atoms with Crippen molar-refractivity contribution in [3.63, 3.8) is 0 Å². The number of non-ortho nitro benzene ring substituents is 1. The van der Waals surface area contributed by atoms with Crippen LogP contribution in [0.1, 0.15) is 11.1 Å². The number of nitro groups is 1. The SMILES string of the molecule is O=[N+]([O-])c1cc(Br)c(SCc2ccccc2)c(C(F)(F)F)c1. The number of halogens is 4. The number of thioether (sulfide) groups is 1. The molecule has 2 aromatic carbocycles. The Morgan fingerprint density at radius 2 is 1.82 bits per heavy atom. The molecular formula is C14H9BrF3NO2S. The van der Waals surface area contributed by atoms with Gasteiger partial charge in [-0.05, 0) is 21.5 Å². The number of nitro benzene ring substituents is 1. The standard InChI is InChI=1S/C14H9BrF3NO2S/c15-12-7-10(19(20)21)6-11(14(16,17)18)13(12)22-8-9-4-2-1-3-5-9/h1-7H,8H2. The van der Waals surface area contributed by atoms with Gasteiger partial charge in [0.15, 0.2) is 0 Å². The van der Waals surface area contributed by atoms with Crippen LogP contribution in [0.3, 0.4) is 0 Å². The van der Waals surface area contributed by atoms with Crippen molar-refractivity contribution in [2.45, 2.75) is 16.8 Å².